The Balaban J connectivity index is 1.25. The SMILES string of the molecule is COC(=O)[C@H](Cc1ccc(NC(=O)c2c(Cl)cccc2Cl)cc1)NC(=O)C12CC3CC(CC(C3)C1)C2. The highest BCUT2D eigenvalue weighted by Crippen LogP contribution is 2.60. The molecular formula is C28H30Cl2N2O4. The van der Waals surface area contributed by atoms with E-state index in [9.17, 15) is 14.4 Å². The Bertz CT molecular complexity index is 1130. The Labute approximate surface area is 221 Å². The molecule has 36 heavy (non-hydrogen) atoms. The summed E-state index contributed by atoms with van der Waals surface area (Å²) >= 11 is 12.3. The van der Waals surface area contributed by atoms with E-state index in [2.05, 4.69) is 10.6 Å². The van der Waals surface area contributed by atoms with Crippen molar-refractivity contribution < 1.29 is 19.1 Å². The summed E-state index contributed by atoms with van der Waals surface area (Å²) in [5, 5.41) is 6.37. The lowest BCUT2D eigenvalue weighted by Gasteiger charge is -2.55. The van der Waals surface area contributed by atoms with Gasteiger partial charge in [-0.05, 0) is 86.1 Å². The summed E-state index contributed by atoms with van der Waals surface area (Å²) in [6.07, 6.45) is 6.85. The zero-order valence-corrected chi connectivity index (χ0v) is 21.7. The summed E-state index contributed by atoms with van der Waals surface area (Å²) in [4.78, 5) is 38.7. The minimum absolute atomic E-state index is 0.00231. The van der Waals surface area contributed by atoms with E-state index in [1.54, 1.807) is 30.3 Å². The zero-order chi connectivity index (χ0) is 25.4. The van der Waals surface area contributed by atoms with Crippen molar-refractivity contribution in [3.8, 4) is 0 Å². The van der Waals surface area contributed by atoms with Crippen LogP contribution in [0.1, 0.15) is 54.4 Å². The Morgan fingerprint density at radius 1 is 0.944 bits per heavy atom. The topological polar surface area (TPSA) is 84.5 Å². The van der Waals surface area contributed by atoms with Gasteiger partial charge >= 0.3 is 5.97 Å². The molecule has 4 aliphatic carbocycles. The number of hydrogen-bond acceptors (Lipinski definition) is 4. The number of hydrogen-bond donors (Lipinski definition) is 2. The standard InChI is InChI=1S/C28H30Cl2N2O4/c1-36-26(34)23(32-27(35)28-13-17-9-18(14-28)11-19(10-17)15-28)12-16-5-7-20(8-6-16)31-25(33)24-21(29)3-2-4-22(24)30/h2-8,17-19,23H,9-15H2,1H3,(H,31,33)(H,32,35)/t17?,18?,19?,23-,28?/m0/s1. The molecule has 2 N–H and O–H groups in total. The van der Waals surface area contributed by atoms with Gasteiger partial charge in [0.2, 0.25) is 5.91 Å². The van der Waals surface area contributed by atoms with Crippen LogP contribution in [0, 0.1) is 23.2 Å². The first kappa shape index (κ1) is 25.1. The number of halogens is 2. The number of methoxy groups -OCH3 is 1. The summed E-state index contributed by atoms with van der Waals surface area (Å²) in [5.74, 6) is 1.05. The van der Waals surface area contributed by atoms with Crippen LogP contribution in [-0.2, 0) is 20.7 Å². The fourth-order valence-electron chi connectivity index (χ4n) is 6.90. The van der Waals surface area contributed by atoms with Crippen LogP contribution >= 0.6 is 23.2 Å². The average molecular weight is 529 g/mol. The van der Waals surface area contributed by atoms with Crippen LogP contribution in [-0.4, -0.2) is 30.9 Å². The third kappa shape index (κ3) is 4.98. The minimum Gasteiger partial charge on any atom is -0.467 e. The molecule has 4 bridgehead atoms. The van der Waals surface area contributed by atoms with E-state index in [0.717, 1.165) is 24.8 Å². The Hall–Kier alpha value is -2.57. The molecule has 0 saturated heterocycles. The van der Waals surface area contributed by atoms with Gasteiger partial charge in [0.25, 0.3) is 5.91 Å². The molecule has 6 rings (SSSR count). The molecule has 6 nitrogen and oxygen atoms in total. The highest BCUT2D eigenvalue weighted by Gasteiger charge is 2.55. The van der Waals surface area contributed by atoms with E-state index in [1.165, 1.54) is 26.4 Å². The van der Waals surface area contributed by atoms with E-state index in [4.69, 9.17) is 27.9 Å². The number of ether oxygens (including phenoxy) is 1. The van der Waals surface area contributed by atoms with Crippen LogP contribution in [0.5, 0.6) is 0 Å². The largest absolute Gasteiger partial charge is 0.467 e. The summed E-state index contributed by atoms with van der Waals surface area (Å²) in [6.45, 7) is 0. The van der Waals surface area contributed by atoms with Crippen molar-refractivity contribution in [2.75, 3.05) is 12.4 Å². The zero-order valence-electron chi connectivity index (χ0n) is 20.2. The second kappa shape index (κ2) is 10.1. The first-order chi connectivity index (χ1) is 17.3. The predicted molar refractivity (Wildman–Crippen MR) is 139 cm³/mol. The second-order valence-electron chi connectivity index (χ2n) is 10.7. The van der Waals surface area contributed by atoms with Crippen molar-refractivity contribution in [1.82, 2.24) is 5.32 Å². The molecule has 0 spiro atoms. The third-order valence-corrected chi connectivity index (χ3v) is 8.78. The molecule has 1 atom stereocenters. The van der Waals surface area contributed by atoms with Gasteiger partial charge in [-0.25, -0.2) is 4.79 Å². The van der Waals surface area contributed by atoms with Crippen molar-refractivity contribution in [3.05, 3.63) is 63.6 Å². The highest BCUT2D eigenvalue weighted by atomic mass is 35.5. The van der Waals surface area contributed by atoms with Crippen molar-refractivity contribution in [1.29, 1.82) is 0 Å². The number of nitrogens with one attached hydrogen (secondary N) is 2. The monoisotopic (exact) mass is 528 g/mol. The van der Waals surface area contributed by atoms with Gasteiger partial charge in [-0.1, -0.05) is 41.4 Å². The van der Waals surface area contributed by atoms with Crippen molar-refractivity contribution in [3.63, 3.8) is 0 Å². The number of carbonyl (C=O) groups excluding carboxylic acids is 3. The van der Waals surface area contributed by atoms with E-state index in [-0.39, 0.29) is 26.9 Å². The molecule has 4 aliphatic rings. The summed E-state index contributed by atoms with van der Waals surface area (Å²) < 4.78 is 5.02. The van der Waals surface area contributed by atoms with Gasteiger partial charge in [0.1, 0.15) is 6.04 Å². The molecule has 2 amide bonds. The van der Waals surface area contributed by atoms with Gasteiger partial charge in [0.15, 0.2) is 0 Å². The molecule has 0 radical (unpaired) electrons. The number of benzene rings is 2. The lowest BCUT2D eigenvalue weighted by atomic mass is 9.49. The predicted octanol–water partition coefficient (Wildman–Crippen LogP) is 5.66. The maximum absolute atomic E-state index is 13.5. The van der Waals surface area contributed by atoms with Crippen LogP contribution in [0.4, 0.5) is 5.69 Å². The summed E-state index contributed by atoms with van der Waals surface area (Å²) in [5.41, 5.74) is 1.27. The van der Waals surface area contributed by atoms with Crippen molar-refractivity contribution in [2.45, 2.75) is 51.0 Å². The Morgan fingerprint density at radius 3 is 2.03 bits per heavy atom. The normalized spacial score (nSPS) is 26.8. The molecule has 2 aromatic rings. The molecule has 190 valence electrons. The Kier molecular flexibility index (Phi) is 7.01. The van der Waals surface area contributed by atoms with Gasteiger partial charge in [-0.15, -0.1) is 0 Å². The van der Waals surface area contributed by atoms with Gasteiger partial charge < -0.3 is 15.4 Å². The van der Waals surface area contributed by atoms with Gasteiger partial charge in [0, 0.05) is 17.5 Å². The highest BCUT2D eigenvalue weighted by molar-refractivity contribution is 6.40. The van der Waals surface area contributed by atoms with Crippen LogP contribution in [0.25, 0.3) is 0 Å². The maximum atomic E-state index is 13.5. The number of amides is 2. The van der Waals surface area contributed by atoms with Gasteiger partial charge in [0.05, 0.1) is 22.7 Å². The fourth-order valence-corrected chi connectivity index (χ4v) is 7.47. The van der Waals surface area contributed by atoms with E-state index in [0.29, 0.717) is 29.9 Å². The van der Waals surface area contributed by atoms with Crippen LogP contribution in [0.3, 0.4) is 0 Å². The lowest BCUT2D eigenvalue weighted by molar-refractivity contribution is -0.152. The van der Waals surface area contributed by atoms with E-state index in [1.807, 2.05) is 12.1 Å². The molecule has 0 heterocycles. The van der Waals surface area contributed by atoms with Crippen molar-refractivity contribution in [2.24, 2.45) is 23.2 Å². The molecular weight excluding hydrogens is 499 g/mol. The lowest BCUT2D eigenvalue weighted by Crippen LogP contribution is -2.56. The van der Waals surface area contributed by atoms with Crippen LogP contribution in [0.2, 0.25) is 10.0 Å². The molecule has 0 aromatic heterocycles. The molecule has 8 heteroatoms. The summed E-state index contributed by atoms with van der Waals surface area (Å²) in [7, 11) is 1.34. The average Bonchev–Trinajstić information content (AvgIpc) is 2.83. The molecule has 0 aliphatic heterocycles. The van der Waals surface area contributed by atoms with Crippen molar-refractivity contribution >= 4 is 46.7 Å². The molecule has 0 unspecified atom stereocenters. The Morgan fingerprint density at radius 2 is 1.50 bits per heavy atom. The number of carbonyl (C=O) groups is 3. The van der Waals surface area contributed by atoms with Crippen LogP contribution in [0.15, 0.2) is 42.5 Å². The molecule has 2 aromatic carbocycles. The smallest absolute Gasteiger partial charge is 0.328 e. The second-order valence-corrected chi connectivity index (χ2v) is 11.5. The van der Waals surface area contributed by atoms with Gasteiger partial charge in [-0.3, -0.25) is 9.59 Å². The van der Waals surface area contributed by atoms with Crippen LogP contribution < -0.4 is 10.6 Å². The third-order valence-electron chi connectivity index (χ3n) is 8.15. The van der Waals surface area contributed by atoms with Gasteiger partial charge in [-0.2, -0.15) is 0 Å². The summed E-state index contributed by atoms with van der Waals surface area (Å²) in [6, 6.07) is 11.2. The first-order valence-electron chi connectivity index (χ1n) is 12.5. The number of anilines is 1. The number of esters is 1. The minimum atomic E-state index is -0.766. The molecule has 4 saturated carbocycles. The molecule has 4 fully saturated rings. The van der Waals surface area contributed by atoms with E-state index < -0.39 is 17.9 Å². The van der Waals surface area contributed by atoms with E-state index >= 15 is 0 Å². The quantitative estimate of drug-likeness (QED) is 0.454. The first-order valence-corrected chi connectivity index (χ1v) is 13.2. The maximum Gasteiger partial charge on any atom is 0.328 e. The fraction of sp³-hybridized carbons (Fsp3) is 0.464. The number of rotatable bonds is 7.